The minimum Gasteiger partial charge on any atom is -0.354 e. The number of aryl methyl sites for hydroxylation is 1. The summed E-state index contributed by atoms with van der Waals surface area (Å²) in [4.78, 5) is 11.1. The van der Waals surface area contributed by atoms with Gasteiger partial charge in [-0.3, -0.25) is 4.98 Å². The highest BCUT2D eigenvalue weighted by atomic mass is 15.2. The summed E-state index contributed by atoms with van der Waals surface area (Å²) in [6.45, 7) is 4.19. The molecule has 1 aliphatic carbocycles. The first-order valence-electron chi connectivity index (χ1n) is 6.04. The molecule has 3 rings (SSSR count). The molecule has 2 N–H and O–H groups in total. The van der Waals surface area contributed by atoms with Gasteiger partial charge in [0.05, 0.1) is 5.69 Å². The monoisotopic (exact) mass is 218 g/mol. The van der Waals surface area contributed by atoms with Crippen molar-refractivity contribution in [3.8, 4) is 0 Å². The Labute approximate surface area is 95.9 Å². The van der Waals surface area contributed by atoms with Gasteiger partial charge in [-0.15, -0.1) is 0 Å². The number of aromatic nitrogens is 2. The predicted octanol–water partition coefficient (Wildman–Crippen LogP) is 0.959. The molecule has 0 radical (unpaired) electrons. The molecule has 1 aromatic rings. The second-order valence-corrected chi connectivity index (χ2v) is 5.04. The van der Waals surface area contributed by atoms with Crippen LogP contribution in [0.15, 0.2) is 12.4 Å². The van der Waals surface area contributed by atoms with Gasteiger partial charge in [0.25, 0.3) is 0 Å². The molecule has 1 saturated carbocycles. The SMILES string of the molecule is Cc1nccnc1N1CC2CCC(N)C2C1. The minimum atomic E-state index is 0.395. The van der Waals surface area contributed by atoms with Crippen LogP contribution in [0.4, 0.5) is 5.82 Å². The Morgan fingerprint density at radius 2 is 2.06 bits per heavy atom. The molecule has 3 atom stereocenters. The number of fused-ring (bicyclic) bond motifs is 1. The van der Waals surface area contributed by atoms with E-state index in [1.807, 2.05) is 6.92 Å². The largest absolute Gasteiger partial charge is 0.354 e. The van der Waals surface area contributed by atoms with Gasteiger partial charge in [0.15, 0.2) is 0 Å². The number of hydrogen-bond acceptors (Lipinski definition) is 4. The fourth-order valence-corrected chi connectivity index (χ4v) is 3.19. The highest BCUT2D eigenvalue weighted by molar-refractivity contribution is 5.44. The molecule has 86 valence electrons. The van der Waals surface area contributed by atoms with Crippen LogP contribution in [0.3, 0.4) is 0 Å². The van der Waals surface area contributed by atoms with Crippen molar-refractivity contribution >= 4 is 5.82 Å². The van der Waals surface area contributed by atoms with Crippen molar-refractivity contribution in [1.29, 1.82) is 0 Å². The number of nitrogens with zero attached hydrogens (tertiary/aromatic N) is 3. The highest BCUT2D eigenvalue weighted by Gasteiger charge is 2.41. The van der Waals surface area contributed by atoms with Crippen molar-refractivity contribution in [3.05, 3.63) is 18.1 Å². The molecule has 1 saturated heterocycles. The van der Waals surface area contributed by atoms with E-state index in [2.05, 4.69) is 14.9 Å². The standard InChI is InChI=1S/C12H18N4/c1-8-12(15-5-4-14-8)16-6-9-2-3-11(13)10(9)7-16/h4-5,9-11H,2-3,6-7,13H2,1H3. The molecule has 0 amide bonds. The quantitative estimate of drug-likeness (QED) is 0.762. The average molecular weight is 218 g/mol. The van der Waals surface area contributed by atoms with E-state index in [4.69, 9.17) is 5.73 Å². The molecule has 16 heavy (non-hydrogen) atoms. The molecule has 0 bridgehead atoms. The van der Waals surface area contributed by atoms with Gasteiger partial charge in [0.1, 0.15) is 5.82 Å². The molecule has 2 fully saturated rings. The molecule has 4 heteroatoms. The lowest BCUT2D eigenvalue weighted by Crippen LogP contribution is -2.30. The number of rotatable bonds is 1. The molecule has 2 aliphatic rings. The molecular weight excluding hydrogens is 200 g/mol. The summed E-state index contributed by atoms with van der Waals surface area (Å²) < 4.78 is 0. The van der Waals surface area contributed by atoms with Gasteiger partial charge in [-0.1, -0.05) is 0 Å². The lowest BCUT2D eigenvalue weighted by molar-refractivity contribution is 0.453. The van der Waals surface area contributed by atoms with E-state index < -0.39 is 0 Å². The first kappa shape index (κ1) is 10.0. The Morgan fingerprint density at radius 1 is 1.25 bits per heavy atom. The molecule has 1 aromatic heterocycles. The lowest BCUT2D eigenvalue weighted by Gasteiger charge is -2.20. The number of anilines is 1. The van der Waals surface area contributed by atoms with Gasteiger partial charge < -0.3 is 10.6 Å². The topological polar surface area (TPSA) is 55.0 Å². The third-order valence-electron chi connectivity index (χ3n) is 4.07. The van der Waals surface area contributed by atoms with Crippen LogP contribution < -0.4 is 10.6 Å². The van der Waals surface area contributed by atoms with E-state index in [1.165, 1.54) is 12.8 Å². The summed E-state index contributed by atoms with van der Waals surface area (Å²) in [7, 11) is 0. The molecule has 0 spiro atoms. The second-order valence-electron chi connectivity index (χ2n) is 5.04. The van der Waals surface area contributed by atoms with Gasteiger partial charge in [-0.05, 0) is 31.6 Å². The Balaban J connectivity index is 1.82. The van der Waals surface area contributed by atoms with Crippen LogP contribution in [0.25, 0.3) is 0 Å². The van der Waals surface area contributed by atoms with Crippen LogP contribution in [-0.2, 0) is 0 Å². The molecule has 1 aliphatic heterocycles. The van der Waals surface area contributed by atoms with E-state index in [0.29, 0.717) is 12.0 Å². The zero-order chi connectivity index (χ0) is 11.1. The fraction of sp³-hybridized carbons (Fsp3) is 0.667. The van der Waals surface area contributed by atoms with E-state index in [-0.39, 0.29) is 0 Å². The smallest absolute Gasteiger partial charge is 0.150 e. The average Bonchev–Trinajstić information content (AvgIpc) is 2.82. The molecular formula is C12H18N4. The molecule has 2 heterocycles. The van der Waals surface area contributed by atoms with Gasteiger partial charge in [-0.25, -0.2) is 4.98 Å². The third kappa shape index (κ3) is 1.48. The van der Waals surface area contributed by atoms with Gasteiger partial charge in [0.2, 0.25) is 0 Å². The van der Waals surface area contributed by atoms with Crippen molar-refractivity contribution in [2.75, 3.05) is 18.0 Å². The predicted molar refractivity (Wildman–Crippen MR) is 63.2 cm³/mol. The first-order chi connectivity index (χ1) is 7.75. The summed E-state index contributed by atoms with van der Waals surface area (Å²) in [6, 6.07) is 0.395. The number of nitrogens with two attached hydrogens (primary N) is 1. The van der Waals surface area contributed by atoms with Crippen LogP contribution in [-0.4, -0.2) is 29.1 Å². The Bertz CT molecular complexity index is 392. The zero-order valence-electron chi connectivity index (χ0n) is 9.63. The van der Waals surface area contributed by atoms with Gasteiger partial charge in [0, 0.05) is 31.5 Å². The van der Waals surface area contributed by atoms with Crippen LogP contribution in [0.5, 0.6) is 0 Å². The van der Waals surface area contributed by atoms with E-state index in [9.17, 15) is 0 Å². The molecule has 3 unspecified atom stereocenters. The van der Waals surface area contributed by atoms with Crippen molar-refractivity contribution in [1.82, 2.24) is 9.97 Å². The Morgan fingerprint density at radius 3 is 2.81 bits per heavy atom. The van der Waals surface area contributed by atoms with Crippen LogP contribution in [0.1, 0.15) is 18.5 Å². The third-order valence-corrected chi connectivity index (χ3v) is 4.07. The summed E-state index contributed by atoms with van der Waals surface area (Å²) in [5.74, 6) is 2.49. The summed E-state index contributed by atoms with van der Waals surface area (Å²) in [6.07, 6.45) is 6.00. The molecule has 4 nitrogen and oxygen atoms in total. The summed E-state index contributed by atoms with van der Waals surface area (Å²) in [5, 5.41) is 0. The van der Waals surface area contributed by atoms with Crippen molar-refractivity contribution in [3.63, 3.8) is 0 Å². The fourth-order valence-electron chi connectivity index (χ4n) is 3.19. The molecule has 0 aromatic carbocycles. The van der Waals surface area contributed by atoms with E-state index in [0.717, 1.165) is 30.5 Å². The van der Waals surface area contributed by atoms with E-state index in [1.54, 1.807) is 12.4 Å². The zero-order valence-corrected chi connectivity index (χ0v) is 9.63. The van der Waals surface area contributed by atoms with E-state index >= 15 is 0 Å². The van der Waals surface area contributed by atoms with Crippen LogP contribution in [0, 0.1) is 18.8 Å². The maximum atomic E-state index is 6.14. The first-order valence-corrected chi connectivity index (χ1v) is 6.04. The Kier molecular flexibility index (Phi) is 2.32. The lowest BCUT2D eigenvalue weighted by atomic mass is 9.98. The summed E-state index contributed by atoms with van der Waals surface area (Å²) in [5.41, 5.74) is 7.16. The summed E-state index contributed by atoms with van der Waals surface area (Å²) >= 11 is 0. The minimum absolute atomic E-state index is 0.395. The Hall–Kier alpha value is -1.16. The van der Waals surface area contributed by atoms with Crippen LogP contribution in [0.2, 0.25) is 0 Å². The van der Waals surface area contributed by atoms with Gasteiger partial charge in [-0.2, -0.15) is 0 Å². The number of hydrogen-bond donors (Lipinski definition) is 1. The maximum absolute atomic E-state index is 6.14. The van der Waals surface area contributed by atoms with Crippen molar-refractivity contribution < 1.29 is 0 Å². The normalized spacial score (nSPS) is 33.1. The van der Waals surface area contributed by atoms with Crippen molar-refractivity contribution in [2.24, 2.45) is 17.6 Å². The van der Waals surface area contributed by atoms with Crippen molar-refractivity contribution in [2.45, 2.75) is 25.8 Å². The maximum Gasteiger partial charge on any atom is 0.150 e. The van der Waals surface area contributed by atoms with Gasteiger partial charge >= 0.3 is 0 Å². The highest BCUT2D eigenvalue weighted by Crippen LogP contribution is 2.38. The second kappa shape index (κ2) is 3.70. The van der Waals surface area contributed by atoms with Crippen LogP contribution >= 0.6 is 0 Å².